The molecule has 5 nitrogen and oxygen atoms in total. The molecule has 1 spiro atoms. The van der Waals surface area contributed by atoms with Crippen LogP contribution in [0.3, 0.4) is 0 Å². The molecule has 1 atom stereocenters. The van der Waals surface area contributed by atoms with Crippen molar-refractivity contribution in [3.63, 3.8) is 0 Å². The van der Waals surface area contributed by atoms with E-state index in [1.807, 2.05) is 33.8 Å². The third kappa shape index (κ3) is 2.53. The Morgan fingerprint density at radius 3 is 2.54 bits per heavy atom. The third-order valence-corrected chi connectivity index (χ3v) is 6.54. The van der Waals surface area contributed by atoms with Gasteiger partial charge in [-0.3, -0.25) is 14.5 Å². The quantitative estimate of drug-likeness (QED) is 0.675. The van der Waals surface area contributed by atoms with Crippen LogP contribution in [0.4, 0.5) is 4.79 Å². The Balaban J connectivity index is 1.86. The van der Waals surface area contributed by atoms with Gasteiger partial charge in [-0.15, -0.1) is 0 Å². The number of imide groups is 1. The first-order chi connectivity index (χ1) is 11.3. The number of ketones is 1. The first kappa shape index (κ1) is 17.0. The monoisotopic (exact) mass is 346 g/mol. The SMILES string of the molecule is Cc1cc(C(=O)CN2C(=O)NC3(CCSC3)C2=O)c(C)c(C)c1C. The van der Waals surface area contributed by atoms with Crippen LogP contribution in [0.2, 0.25) is 0 Å². The van der Waals surface area contributed by atoms with Gasteiger partial charge in [0.2, 0.25) is 0 Å². The number of urea groups is 1. The fourth-order valence-electron chi connectivity index (χ4n) is 3.38. The fraction of sp³-hybridized carbons (Fsp3) is 0.500. The second-order valence-corrected chi connectivity index (χ2v) is 7.85. The number of hydrogen-bond donors (Lipinski definition) is 1. The number of aryl methyl sites for hydroxylation is 1. The van der Waals surface area contributed by atoms with Crippen molar-refractivity contribution >= 4 is 29.5 Å². The molecule has 2 aliphatic rings. The number of amides is 3. The second kappa shape index (κ2) is 5.92. The van der Waals surface area contributed by atoms with E-state index in [0.717, 1.165) is 27.3 Å². The minimum Gasteiger partial charge on any atom is -0.322 e. The average Bonchev–Trinajstić information content (AvgIpc) is 3.10. The van der Waals surface area contributed by atoms with Gasteiger partial charge >= 0.3 is 6.03 Å². The maximum absolute atomic E-state index is 12.8. The van der Waals surface area contributed by atoms with E-state index in [1.165, 1.54) is 5.56 Å². The van der Waals surface area contributed by atoms with Crippen molar-refractivity contribution in [1.82, 2.24) is 10.2 Å². The summed E-state index contributed by atoms with van der Waals surface area (Å²) in [5.41, 5.74) is 4.01. The summed E-state index contributed by atoms with van der Waals surface area (Å²) in [6, 6.07) is 1.41. The van der Waals surface area contributed by atoms with Gasteiger partial charge in [-0.2, -0.15) is 11.8 Å². The van der Waals surface area contributed by atoms with E-state index in [1.54, 1.807) is 11.8 Å². The summed E-state index contributed by atoms with van der Waals surface area (Å²) in [7, 11) is 0. The topological polar surface area (TPSA) is 66.5 Å². The van der Waals surface area contributed by atoms with Crippen molar-refractivity contribution in [3.8, 4) is 0 Å². The van der Waals surface area contributed by atoms with E-state index < -0.39 is 11.6 Å². The molecule has 1 aromatic rings. The zero-order chi connectivity index (χ0) is 17.6. The molecule has 6 heteroatoms. The zero-order valence-corrected chi connectivity index (χ0v) is 15.3. The number of rotatable bonds is 3. The minimum atomic E-state index is -0.795. The Kier molecular flexibility index (Phi) is 4.20. The molecule has 2 saturated heterocycles. The number of Topliss-reactive ketones (excluding diaryl/α,β-unsaturated/α-hetero) is 1. The number of carbonyl (C=O) groups is 3. The highest BCUT2D eigenvalue weighted by Crippen LogP contribution is 2.33. The van der Waals surface area contributed by atoms with Gasteiger partial charge in [0.05, 0.1) is 6.54 Å². The van der Waals surface area contributed by atoms with Crippen molar-refractivity contribution in [1.29, 1.82) is 0 Å². The van der Waals surface area contributed by atoms with E-state index in [2.05, 4.69) is 5.32 Å². The van der Waals surface area contributed by atoms with Crippen LogP contribution in [0.25, 0.3) is 0 Å². The van der Waals surface area contributed by atoms with Crippen LogP contribution in [-0.4, -0.2) is 46.2 Å². The van der Waals surface area contributed by atoms with Crippen LogP contribution in [0.15, 0.2) is 6.07 Å². The lowest BCUT2D eigenvalue weighted by atomic mass is 9.92. The molecule has 2 aliphatic heterocycles. The van der Waals surface area contributed by atoms with Crippen molar-refractivity contribution in [2.45, 2.75) is 39.7 Å². The van der Waals surface area contributed by atoms with Crippen molar-refractivity contribution in [3.05, 3.63) is 33.9 Å². The van der Waals surface area contributed by atoms with E-state index in [0.29, 0.717) is 17.7 Å². The van der Waals surface area contributed by atoms with E-state index in [9.17, 15) is 14.4 Å². The molecule has 3 rings (SSSR count). The zero-order valence-electron chi connectivity index (χ0n) is 14.5. The molecular formula is C18H22N2O3S. The Morgan fingerprint density at radius 1 is 1.21 bits per heavy atom. The number of nitrogens with one attached hydrogen (secondary N) is 1. The summed E-state index contributed by atoms with van der Waals surface area (Å²) in [6.07, 6.45) is 0.634. The smallest absolute Gasteiger partial charge is 0.322 e. The number of nitrogens with zero attached hydrogens (tertiary/aromatic N) is 1. The van der Waals surface area contributed by atoms with Gasteiger partial charge in [-0.05, 0) is 68.2 Å². The van der Waals surface area contributed by atoms with Crippen molar-refractivity contribution < 1.29 is 14.4 Å². The molecule has 2 heterocycles. The largest absolute Gasteiger partial charge is 0.325 e. The lowest BCUT2D eigenvalue weighted by Crippen LogP contribution is -2.47. The summed E-state index contributed by atoms with van der Waals surface area (Å²) in [5, 5.41) is 2.80. The Hall–Kier alpha value is -1.82. The molecule has 1 unspecified atom stereocenters. The van der Waals surface area contributed by atoms with E-state index in [4.69, 9.17) is 0 Å². The molecular weight excluding hydrogens is 324 g/mol. The Labute approximate surface area is 146 Å². The highest BCUT2D eigenvalue weighted by Gasteiger charge is 2.53. The Bertz CT molecular complexity index is 751. The lowest BCUT2D eigenvalue weighted by molar-refractivity contribution is -0.130. The average molecular weight is 346 g/mol. The predicted molar refractivity (Wildman–Crippen MR) is 94.6 cm³/mol. The highest BCUT2D eigenvalue weighted by molar-refractivity contribution is 7.99. The lowest BCUT2D eigenvalue weighted by Gasteiger charge is -2.19. The molecule has 0 radical (unpaired) electrons. The Morgan fingerprint density at radius 2 is 1.92 bits per heavy atom. The molecule has 0 saturated carbocycles. The van der Waals surface area contributed by atoms with Crippen LogP contribution in [-0.2, 0) is 4.79 Å². The number of carbonyl (C=O) groups excluding carboxylic acids is 3. The van der Waals surface area contributed by atoms with E-state index in [-0.39, 0.29) is 18.2 Å². The van der Waals surface area contributed by atoms with Crippen LogP contribution in [0.1, 0.15) is 39.0 Å². The molecule has 24 heavy (non-hydrogen) atoms. The molecule has 0 aromatic heterocycles. The van der Waals surface area contributed by atoms with Crippen LogP contribution in [0, 0.1) is 27.7 Å². The summed E-state index contributed by atoms with van der Waals surface area (Å²) in [6.45, 7) is 7.71. The first-order valence-corrected chi connectivity index (χ1v) is 9.25. The van der Waals surface area contributed by atoms with Gasteiger partial charge < -0.3 is 5.32 Å². The van der Waals surface area contributed by atoms with Crippen LogP contribution < -0.4 is 5.32 Å². The van der Waals surface area contributed by atoms with Gasteiger partial charge in [0.1, 0.15) is 5.54 Å². The van der Waals surface area contributed by atoms with Crippen LogP contribution in [0.5, 0.6) is 0 Å². The highest BCUT2D eigenvalue weighted by atomic mass is 32.2. The molecule has 3 amide bonds. The normalized spacial score (nSPS) is 23.2. The van der Waals surface area contributed by atoms with Gasteiger partial charge in [0.15, 0.2) is 5.78 Å². The maximum atomic E-state index is 12.8. The van der Waals surface area contributed by atoms with Gasteiger partial charge in [0.25, 0.3) is 5.91 Å². The number of thioether (sulfide) groups is 1. The summed E-state index contributed by atoms with van der Waals surface area (Å²) in [4.78, 5) is 38.7. The van der Waals surface area contributed by atoms with Gasteiger partial charge in [-0.25, -0.2) is 4.79 Å². The molecule has 128 valence electrons. The van der Waals surface area contributed by atoms with Crippen LogP contribution >= 0.6 is 11.8 Å². The summed E-state index contributed by atoms with van der Waals surface area (Å²) < 4.78 is 0. The predicted octanol–water partition coefficient (Wildman–Crippen LogP) is 2.53. The first-order valence-electron chi connectivity index (χ1n) is 8.09. The molecule has 0 bridgehead atoms. The standard InChI is InChI=1S/C18H22N2O3S/c1-10-7-14(13(4)12(3)11(10)2)15(21)8-20-16(22)18(19-17(20)23)5-6-24-9-18/h7H,5-6,8-9H2,1-4H3,(H,19,23). The number of benzene rings is 1. The molecule has 2 fully saturated rings. The maximum Gasteiger partial charge on any atom is 0.325 e. The summed E-state index contributed by atoms with van der Waals surface area (Å²) in [5.74, 6) is 0.988. The molecule has 1 aromatic carbocycles. The van der Waals surface area contributed by atoms with Crippen molar-refractivity contribution in [2.24, 2.45) is 0 Å². The van der Waals surface area contributed by atoms with Gasteiger partial charge in [-0.1, -0.05) is 0 Å². The third-order valence-electron chi connectivity index (χ3n) is 5.35. The number of hydrogen-bond acceptors (Lipinski definition) is 4. The second-order valence-electron chi connectivity index (χ2n) is 6.75. The summed E-state index contributed by atoms with van der Waals surface area (Å²) >= 11 is 1.65. The van der Waals surface area contributed by atoms with Crippen molar-refractivity contribution in [2.75, 3.05) is 18.1 Å². The molecule has 1 N–H and O–H groups in total. The molecule has 0 aliphatic carbocycles. The minimum absolute atomic E-state index is 0.190. The van der Waals surface area contributed by atoms with E-state index >= 15 is 0 Å². The fourth-order valence-corrected chi connectivity index (χ4v) is 4.71. The van der Waals surface area contributed by atoms with Gasteiger partial charge in [0, 0.05) is 11.3 Å².